The van der Waals surface area contributed by atoms with Crippen LogP contribution >= 0.6 is 0 Å². The van der Waals surface area contributed by atoms with Crippen LogP contribution in [0.25, 0.3) is 0 Å². The van der Waals surface area contributed by atoms with Gasteiger partial charge in [0.1, 0.15) is 17.8 Å². The predicted octanol–water partition coefficient (Wildman–Crippen LogP) is 5.42. The van der Waals surface area contributed by atoms with Crippen LogP contribution in [-0.2, 0) is 25.6 Å². The Morgan fingerprint density at radius 2 is 1.18 bits per heavy atom. The molecule has 1 aromatic carbocycles. The van der Waals surface area contributed by atoms with E-state index in [2.05, 4.69) is 15.5 Å². The Balaban J connectivity index is 2.37. The lowest BCUT2D eigenvalue weighted by atomic mass is 10.2. The standard InChI is InChI=1S/C29H49N3O6/c1-28(2,3)37-26(34)30-18-10-12-20-32(21-13-11-19-31-27(35)38-29(4,5)6)22-14-17-25(33)36-23-24-15-8-7-9-16-24/h7-9,15-16H,10-14,17-23H2,1-6H3,(H,30,34)(H,31,35). The van der Waals surface area contributed by atoms with Crippen LogP contribution in [-0.4, -0.2) is 67.0 Å². The van der Waals surface area contributed by atoms with Crippen molar-refractivity contribution in [1.29, 1.82) is 0 Å². The Hall–Kier alpha value is -2.81. The topological polar surface area (TPSA) is 106 Å². The molecule has 9 heteroatoms. The summed E-state index contributed by atoms with van der Waals surface area (Å²) in [5, 5.41) is 5.58. The summed E-state index contributed by atoms with van der Waals surface area (Å²) in [6.45, 7) is 14.9. The van der Waals surface area contributed by atoms with Crippen molar-refractivity contribution in [2.24, 2.45) is 0 Å². The van der Waals surface area contributed by atoms with Gasteiger partial charge in [0.2, 0.25) is 0 Å². The molecule has 0 fully saturated rings. The third-order valence-electron chi connectivity index (χ3n) is 5.24. The predicted molar refractivity (Wildman–Crippen MR) is 149 cm³/mol. The zero-order chi connectivity index (χ0) is 28.4. The molecule has 0 radical (unpaired) electrons. The van der Waals surface area contributed by atoms with Gasteiger partial charge in [-0.25, -0.2) is 9.59 Å². The van der Waals surface area contributed by atoms with Gasteiger partial charge in [0, 0.05) is 19.5 Å². The maximum atomic E-state index is 12.2. The highest BCUT2D eigenvalue weighted by Gasteiger charge is 2.16. The van der Waals surface area contributed by atoms with Crippen LogP contribution < -0.4 is 10.6 Å². The average molecular weight is 536 g/mol. The molecular formula is C29H49N3O6. The second-order valence-corrected chi connectivity index (χ2v) is 11.4. The molecule has 0 aliphatic rings. The summed E-state index contributed by atoms with van der Waals surface area (Å²) in [6.07, 6.45) is 3.74. The highest BCUT2D eigenvalue weighted by atomic mass is 16.6. The molecule has 0 bridgehead atoms. The third-order valence-corrected chi connectivity index (χ3v) is 5.24. The average Bonchev–Trinajstić information content (AvgIpc) is 2.80. The Kier molecular flexibility index (Phi) is 15.4. The first kappa shape index (κ1) is 33.2. The van der Waals surface area contributed by atoms with E-state index >= 15 is 0 Å². The van der Waals surface area contributed by atoms with Gasteiger partial charge < -0.3 is 29.7 Å². The molecule has 1 rings (SSSR count). The summed E-state index contributed by atoms with van der Waals surface area (Å²) < 4.78 is 15.9. The van der Waals surface area contributed by atoms with Crippen LogP contribution in [0.5, 0.6) is 0 Å². The van der Waals surface area contributed by atoms with E-state index in [0.717, 1.165) is 50.9 Å². The molecule has 2 amide bonds. The second-order valence-electron chi connectivity index (χ2n) is 11.4. The van der Waals surface area contributed by atoms with Gasteiger partial charge in [-0.15, -0.1) is 0 Å². The molecule has 0 unspecified atom stereocenters. The number of hydrogen-bond acceptors (Lipinski definition) is 7. The molecule has 0 aliphatic heterocycles. The highest BCUT2D eigenvalue weighted by Crippen LogP contribution is 2.08. The number of nitrogens with one attached hydrogen (secondary N) is 2. The van der Waals surface area contributed by atoms with E-state index in [4.69, 9.17) is 14.2 Å². The van der Waals surface area contributed by atoms with Crippen LogP contribution in [0.15, 0.2) is 30.3 Å². The minimum atomic E-state index is -0.512. The Bertz CT molecular complexity index is 780. The van der Waals surface area contributed by atoms with Gasteiger partial charge in [0.25, 0.3) is 0 Å². The molecule has 38 heavy (non-hydrogen) atoms. The smallest absolute Gasteiger partial charge is 0.407 e. The minimum absolute atomic E-state index is 0.197. The Morgan fingerprint density at radius 1 is 0.711 bits per heavy atom. The molecule has 0 aromatic heterocycles. The van der Waals surface area contributed by atoms with Crippen LogP contribution in [0, 0.1) is 0 Å². The van der Waals surface area contributed by atoms with Crippen molar-refractivity contribution in [2.75, 3.05) is 32.7 Å². The van der Waals surface area contributed by atoms with E-state index < -0.39 is 23.4 Å². The molecule has 1 aromatic rings. The molecule has 0 atom stereocenters. The maximum absolute atomic E-state index is 12.2. The third kappa shape index (κ3) is 19.3. The van der Waals surface area contributed by atoms with Crippen LogP contribution in [0.1, 0.15) is 85.6 Å². The first-order valence-corrected chi connectivity index (χ1v) is 13.7. The van der Waals surface area contributed by atoms with Crippen molar-refractivity contribution in [2.45, 2.75) is 97.9 Å². The van der Waals surface area contributed by atoms with Crippen LogP contribution in [0.2, 0.25) is 0 Å². The van der Waals surface area contributed by atoms with Gasteiger partial charge in [-0.1, -0.05) is 30.3 Å². The summed E-state index contributed by atoms with van der Waals surface area (Å²) in [5.74, 6) is -0.197. The Morgan fingerprint density at radius 3 is 1.66 bits per heavy atom. The first-order chi connectivity index (χ1) is 17.8. The number of alkyl carbamates (subject to hydrolysis) is 2. The van der Waals surface area contributed by atoms with Gasteiger partial charge in [-0.2, -0.15) is 0 Å². The second kappa shape index (κ2) is 17.7. The fraction of sp³-hybridized carbons (Fsp3) is 0.690. The van der Waals surface area contributed by atoms with Gasteiger partial charge in [0.15, 0.2) is 0 Å². The van der Waals surface area contributed by atoms with E-state index in [0.29, 0.717) is 32.5 Å². The molecule has 216 valence electrons. The lowest BCUT2D eigenvalue weighted by Crippen LogP contribution is -2.34. The van der Waals surface area contributed by atoms with Gasteiger partial charge in [0.05, 0.1) is 0 Å². The quantitative estimate of drug-likeness (QED) is 0.165. The van der Waals surface area contributed by atoms with Gasteiger partial charge >= 0.3 is 18.2 Å². The molecular weight excluding hydrogens is 486 g/mol. The molecule has 2 N–H and O–H groups in total. The van der Waals surface area contributed by atoms with E-state index in [1.54, 1.807) is 0 Å². The number of ether oxygens (including phenoxy) is 3. The summed E-state index contributed by atoms with van der Waals surface area (Å²) in [7, 11) is 0. The van der Waals surface area contributed by atoms with Crippen molar-refractivity contribution in [1.82, 2.24) is 15.5 Å². The lowest BCUT2D eigenvalue weighted by molar-refractivity contribution is -0.145. The molecule has 0 saturated heterocycles. The number of benzene rings is 1. The highest BCUT2D eigenvalue weighted by molar-refractivity contribution is 5.69. The number of carbonyl (C=O) groups excluding carboxylic acids is 3. The monoisotopic (exact) mass is 535 g/mol. The normalized spacial score (nSPS) is 11.7. The van der Waals surface area contributed by atoms with Crippen molar-refractivity contribution in [3.8, 4) is 0 Å². The summed E-state index contributed by atoms with van der Waals surface area (Å²) in [5.41, 5.74) is -0.0504. The lowest BCUT2D eigenvalue weighted by Gasteiger charge is -2.23. The van der Waals surface area contributed by atoms with E-state index in [1.807, 2.05) is 71.9 Å². The van der Waals surface area contributed by atoms with Gasteiger partial charge in [-0.3, -0.25) is 4.79 Å². The van der Waals surface area contributed by atoms with Gasteiger partial charge in [-0.05, 0) is 98.8 Å². The van der Waals surface area contributed by atoms with E-state index in [9.17, 15) is 14.4 Å². The fourth-order valence-corrected chi connectivity index (χ4v) is 3.52. The number of rotatable bonds is 16. The van der Waals surface area contributed by atoms with Crippen molar-refractivity contribution in [3.63, 3.8) is 0 Å². The zero-order valence-corrected chi connectivity index (χ0v) is 24.3. The Labute approximate surface area is 229 Å². The van der Waals surface area contributed by atoms with E-state index in [-0.39, 0.29) is 5.97 Å². The van der Waals surface area contributed by atoms with Crippen molar-refractivity contribution >= 4 is 18.2 Å². The van der Waals surface area contributed by atoms with Crippen LogP contribution in [0.3, 0.4) is 0 Å². The zero-order valence-electron chi connectivity index (χ0n) is 24.3. The minimum Gasteiger partial charge on any atom is -0.461 e. The SMILES string of the molecule is CC(C)(C)OC(=O)NCCCCN(CCCCNC(=O)OC(C)(C)C)CCCC(=O)OCc1ccccc1. The summed E-state index contributed by atoms with van der Waals surface area (Å²) >= 11 is 0. The number of carbonyl (C=O) groups is 3. The number of esters is 1. The van der Waals surface area contributed by atoms with E-state index in [1.165, 1.54) is 0 Å². The summed E-state index contributed by atoms with van der Waals surface area (Å²) in [6, 6.07) is 9.65. The molecule has 0 spiro atoms. The summed E-state index contributed by atoms with van der Waals surface area (Å²) in [4.78, 5) is 38.1. The number of nitrogens with zero attached hydrogens (tertiary/aromatic N) is 1. The van der Waals surface area contributed by atoms with Crippen LogP contribution in [0.4, 0.5) is 9.59 Å². The van der Waals surface area contributed by atoms with Crippen molar-refractivity contribution in [3.05, 3.63) is 35.9 Å². The molecule has 0 heterocycles. The molecule has 0 saturated carbocycles. The number of hydrogen-bond donors (Lipinski definition) is 2. The first-order valence-electron chi connectivity index (χ1n) is 13.7. The molecule has 9 nitrogen and oxygen atoms in total. The van der Waals surface area contributed by atoms with Crippen molar-refractivity contribution < 1.29 is 28.6 Å². The molecule has 0 aliphatic carbocycles. The fourth-order valence-electron chi connectivity index (χ4n) is 3.52. The maximum Gasteiger partial charge on any atom is 0.407 e. The largest absolute Gasteiger partial charge is 0.461 e. The number of unbranched alkanes of at least 4 members (excludes halogenated alkanes) is 2. The number of amides is 2.